The summed E-state index contributed by atoms with van der Waals surface area (Å²) in [7, 11) is 4.25. The number of carboxylic acid groups (broad SMARTS) is 1. The Kier molecular flexibility index (Phi) is 7.34. The lowest BCUT2D eigenvalue weighted by Gasteiger charge is -2.33. The number of piperidine rings is 1. The molecule has 0 aromatic heterocycles. The number of aliphatic carboxylic acids is 1. The Morgan fingerprint density at radius 3 is 2.53 bits per heavy atom. The predicted octanol–water partition coefficient (Wildman–Crippen LogP) is 0.713. The van der Waals surface area contributed by atoms with Crippen LogP contribution in [0.3, 0.4) is 0 Å². The van der Waals surface area contributed by atoms with Gasteiger partial charge < -0.3 is 20.2 Å². The molecule has 0 spiro atoms. The van der Waals surface area contributed by atoms with Crippen molar-refractivity contribution < 1.29 is 9.90 Å². The van der Waals surface area contributed by atoms with Gasteiger partial charge in [0.2, 0.25) is 0 Å². The van der Waals surface area contributed by atoms with Gasteiger partial charge in [-0.25, -0.2) is 0 Å². The van der Waals surface area contributed by atoms with Gasteiger partial charge in [0.05, 0.1) is 0 Å². The molecule has 1 atom stereocenters. The monoisotopic (exact) mass is 271 g/mol. The van der Waals surface area contributed by atoms with Crippen LogP contribution in [0.1, 0.15) is 26.2 Å². The molecule has 5 heteroatoms. The van der Waals surface area contributed by atoms with Crippen molar-refractivity contribution in [3.63, 3.8) is 0 Å². The van der Waals surface area contributed by atoms with Crippen LogP contribution in [0.5, 0.6) is 0 Å². The van der Waals surface area contributed by atoms with Crippen LogP contribution in [0.4, 0.5) is 0 Å². The van der Waals surface area contributed by atoms with Crippen molar-refractivity contribution in [1.82, 2.24) is 15.1 Å². The molecule has 0 amide bonds. The number of nitrogens with zero attached hydrogens (tertiary/aromatic N) is 2. The van der Waals surface area contributed by atoms with Gasteiger partial charge in [0.15, 0.2) is 0 Å². The third-order valence-electron chi connectivity index (χ3n) is 3.81. The second kappa shape index (κ2) is 8.51. The van der Waals surface area contributed by atoms with E-state index >= 15 is 0 Å². The Morgan fingerprint density at radius 1 is 1.42 bits per heavy atom. The molecular weight excluding hydrogens is 242 g/mol. The summed E-state index contributed by atoms with van der Waals surface area (Å²) in [6.45, 7) is 6.93. The standard InChI is InChI=1S/C14H29N3O2/c1-4-15-13(14(18)19)7-10-17-8-5-12(6-9-17)11-16(2)3/h12-13,15H,4-11H2,1-3H3,(H,18,19). The molecular formula is C14H29N3O2. The predicted molar refractivity (Wildman–Crippen MR) is 77.4 cm³/mol. The molecule has 0 saturated carbocycles. The van der Waals surface area contributed by atoms with E-state index < -0.39 is 12.0 Å². The molecule has 0 aromatic rings. The Balaban J connectivity index is 2.23. The van der Waals surface area contributed by atoms with E-state index in [9.17, 15) is 4.79 Å². The largest absolute Gasteiger partial charge is 0.480 e. The Bertz CT molecular complexity index is 263. The highest BCUT2D eigenvalue weighted by Gasteiger charge is 2.22. The van der Waals surface area contributed by atoms with Gasteiger partial charge >= 0.3 is 5.97 Å². The van der Waals surface area contributed by atoms with Crippen molar-refractivity contribution in [1.29, 1.82) is 0 Å². The summed E-state index contributed by atoms with van der Waals surface area (Å²) in [4.78, 5) is 15.7. The van der Waals surface area contributed by atoms with Crippen molar-refractivity contribution in [2.45, 2.75) is 32.2 Å². The van der Waals surface area contributed by atoms with E-state index in [1.54, 1.807) is 0 Å². The fourth-order valence-corrected chi connectivity index (χ4v) is 2.78. The van der Waals surface area contributed by atoms with E-state index in [-0.39, 0.29) is 0 Å². The third-order valence-corrected chi connectivity index (χ3v) is 3.81. The summed E-state index contributed by atoms with van der Waals surface area (Å²) >= 11 is 0. The Labute approximate surface area is 117 Å². The number of hydrogen-bond acceptors (Lipinski definition) is 4. The van der Waals surface area contributed by atoms with E-state index in [2.05, 4.69) is 29.2 Å². The highest BCUT2D eigenvalue weighted by atomic mass is 16.4. The fourth-order valence-electron chi connectivity index (χ4n) is 2.78. The first-order valence-corrected chi connectivity index (χ1v) is 7.36. The van der Waals surface area contributed by atoms with E-state index in [1.165, 1.54) is 19.4 Å². The summed E-state index contributed by atoms with van der Waals surface area (Å²) < 4.78 is 0. The summed E-state index contributed by atoms with van der Waals surface area (Å²) in [6.07, 6.45) is 3.16. The van der Waals surface area contributed by atoms with Gasteiger partial charge in [-0.05, 0) is 58.9 Å². The number of likely N-dealkylation sites (N-methyl/N-ethyl adjacent to an activating group) is 1. The molecule has 112 valence electrons. The molecule has 1 aliphatic rings. The first-order chi connectivity index (χ1) is 9.02. The van der Waals surface area contributed by atoms with Gasteiger partial charge in [0, 0.05) is 13.1 Å². The second-order valence-electron chi connectivity index (χ2n) is 5.78. The summed E-state index contributed by atoms with van der Waals surface area (Å²) in [6, 6.07) is -0.399. The smallest absolute Gasteiger partial charge is 0.320 e. The van der Waals surface area contributed by atoms with Crippen LogP contribution in [-0.2, 0) is 4.79 Å². The van der Waals surface area contributed by atoms with E-state index in [4.69, 9.17) is 5.11 Å². The normalized spacial score (nSPS) is 19.8. The van der Waals surface area contributed by atoms with Crippen LogP contribution in [0.15, 0.2) is 0 Å². The molecule has 2 N–H and O–H groups in total. The van der Waals surface area contributed by atoms with Crippen LogP contribution in [-0.4, -0.2) is 73.7 Å². The van der Waals surface area contributed by atoms with Gasteiger partial charge in [0.1, 0.15) is 6.04 Å². The van der Waals surface area contributed by atoms with Crippen molar-refractivity contribution in [2.24, 2.45) is 5.92 Å². The quantitative estimate of drug-likeness (QED) is 0.681. The lowest BCUT2D eigenvalue weighted by molar-refractivity contribution is -0.139. The maximum Gasteiger partial charge on any atom is 0.320 e. The van der Waals surface area contributed by atoms with E-state index in [0.29, 0.717) is 13.0 Å². The zero-order chi connectivity index (χ0) is 14.3. The van der Waals surface area contributed by atoms with Crippen LogP contribution < -0.4 is 5.32 Å². The Morgan fingerprint density at radius 2 is 2.05 bits per heavy atom. The van der Waals surface area contributed by atoms with E-state index in [1.807, 2.05) is 6.92 Å². The molecule has 1 fully saturated rings. The maximum absolute atomic E-state index is 11.0. The zero-order valence-electron chi connectivity index (χ0n) is 12.6. The number of carbonyl (C=O) groups is 1. The van der Waals surface area contributed by atoms with Crippen LogP contribution in [0, 0.1) is 5.92 Å². The first-order valence-electron chi connectivity index (χ1n) is 7.36. The average Bonchev–Trinajstić information content (AvgIpc) is 2.35. The summed E-state index contributed by atoms with van der Waals surface area (Å²) in [5.74, 6) is 0.0691. The number of rotatable bonds is 8. The lowest BCUT2D eigenvalue weighted by atomic mass is 9.96. The number of hydrogen-bond donors (Lipinski definition) is 2. The SMILES string of the molecule is CCNC(CCN1CCC(CN(C)C)CC1)C(=O)O. The molecule has 1 rings (SSSR count). The average molecular weight is 271 g/mol. The molecule has 1 heterocycles. The van der Waals surface area contributed by atoms with Crippen molar-refractivity contribution in [2.75, 3.05) is 46.8 Å². The molecule has 1 unspecified atom stereocenters. The van der Waals surface area contributed by atoms with Gasteiger partial charge in [0.25, 0.3) is 0 Å². The van der Waals surface area contributed by atoms with Crippen LogP contribution >= 0.6 is 0 Å². The molecule has 0 radical (unpaired) electrons. The number of likely N-dealkylation sites (tertiary alicyclic amines) is 1. The second-order valence-corrected chi connectivity index (χ2v) is 5.78. The van der Waals surface area contributed by atoms with E-state index in [0.717, 1.165) is 25.6 Å². The van der Waals surface area contributed by atoms with Gasteiger partial charge in [-0.3, -0.25) is 4.79 Å². The van der Waals surface area contributed by atoms with Crippen LogP contribution in [0.25, 0.3) is 0 Å². The van der Waals surface area contributed by atoms with Crippen LogP contribution in [0.2, 0.25) is 0 Å². The minimum absolute atomic E-state index is 0.399. The summed E-state index contributed by atoms with van der Waals surface area (Å²) in [5, 5.41) is 12.1. The molecule has 19 heavy (non-hydrogen) atoms. The lowest BCUT2D eigenvalue weighted by Crippen LogP contribution is -2.42. The molecule has 5 nitrogen and oxygen atoms in total. The molecule has 0 aromatic carbocycles. The highest BCUT2D eigenvalue weighted by Crippen LogP contribution is 2.18. The first kappa shape index (κ1) is 16.4. The molecule has 1 aliphatic heterocycles. The highest BCUT2D eigenvalue weighted by molar-refractivity contribution is 5.73. The topological polar surface area (TPSA) is 55.8 Å². The van der Waals surface area contributed by atoms with Gasteiger partial charge in [-0.2, -0.15) is 0 Å². The maximum atomic E-state index is 11.0. The molecule has 0 aliphatic carbocycles. The van der Waals surface area contributed by atoms with Crippen molar-refractivity contribution >= 4 is 5.97 Å². The third kappa shape index (κ3) is 6.36. The van der Waals surface area contributed by atoms with Gasteiger partial charge in [-0.1, -0.05) is 6.92 Å². The molecule has 0 bridgehead atoms. The van der Waals surface area contributed by atoms with Crippen molar-refractivity contribution in [3.05, 3.63) is 0 Å². The summed E-state index contributed by atoms with van der Waals surface area (Å²) in [5.41, 5.74) is 0. The van der Waals surface area contributed by atoms with Gasteiger partial charge in [-0.15, -0.1) is 0 Å². The van der Waals surface area contributed by atoms with Crippen molar-refractivity contribution in [3.8, 4) is 0 Å². The Hall–Kier alpha value is -0.650. The zero-order valence-corrected chi connectivity index (χ0v) is 12.6. The fraction of sp³-hybridized carbons (Fsp3) is 0.929. The number of nitrogens with one attached hydrogen (secondary N) is 1. The molecule has 1 saturated heterocycles. The minimum atomic E-state index is -0.732. The minimum Gasteiger partial charge on any atom is -0.480 e. The number of carboxylic acids is 1.